The summed E-state index contributed by atoms with van der Waals surface area (Å²) in [5.74, 6) is -0.389. The third-order valence-corrected chi connectivity index (χ3v) is 8.98. The standard InChI is InChI=1S/C33H32N4O5/c1-6-18-22(14-39)28-12-27-21(13-38)16(3)23(34-27)10-24-15(2)19(7-8-30(41)42-5)32(36-24)20-9-29(40)31-17(4)25(37-33(20)31)11-26(18)35-28/h10-15,19,36,39H,6-9H2,1-5H3/b22-14+,24-10?,25-11?,27-12?,32-20?/t15-,19-/m0/s1. The molecule has 9 nitrogen and oxygen atoms in total. The molecule has 1 saturated heterocycles. The predicted octanol–water partition coefficient (Wildman–Crippen LogP) is 4.99. The third kappa shape index (κ3) is 4.14. The number of nitrogens with zero attached hydrogens (tertiary/aromatic N) is 3. The van der Waals surface area contributed by atoms with Gasteiger partial charge in [0, 0.05) is 58.4 Å². The number of carbonyl (C=O) groups excluding carboxylic acids is 3. The number of hydrogen-bond acceptors (Lipinski definition) is 9. The number of aliphatic hydroxyl groups excluding tert-OH is 1. The second-order valence-electron chi connectivity index (χ2n) is 11.2. The van der Waals surface area contributed by atoms with Gasteiger partial charge in [0.1, 0.15) is 0 Å². The minimum atomic E-state index is -0.290. The normalized spacial score (nSPS) is 25.5. The van der Waals surface area contributed by atoms with E-state index in [0.717, 1.165) is 46.2 Å². The molecule has 0 amide bonds. The summed E-state index contributed by atoms with van der Waals surface area (Å²) >= 11 is 0. The van der Waals surface area contributed by atoms with Crippen LogP contribution in [0.2, 0.25) is 0 Å². The van der Waals surface area contributed by atoms with E-state index < -0.39 is 0 Å². The lowest BCUT2D eigenvalue weighted by molar-refractivity contribution is -0.140. The lowest BCUT2D eigenvalue weighted by Crippen LogP contribution is -2.15. The van der Waals surface area contributed by atoms with Gasteiger partial charge < -0.3 is 15.2 Å². The fourth-order valence-electron chi connectivity index (χ4n) is 6.59. The number of Topliss-reactive ketones (excluding diaryl/α,β-unsaturated/α-hetero) is 1. The minimum Gasteiger partial charge on any atom is -0.515 e. The molecule has 0 unspecified atom stereocenters. The molecule has 6 aliphatic rings. The summed E-state index contributed by atoms with van der Waals surface area (Å²) in [5, 5.41) is 13.8. The van der Waals surface area contributed by atoms with Crippen LogP contribution in [-0.2, 0) is 19.1 Å². The van der Waals surface area contributed by atoms with Crippen molar-refractivity contribution >= 4 is 35.2 Å². The molecule has 0 spiro atoms. The smallest absolute Gasteiger partial charge is 0.305 e. The first-order chi connectivity index (χ1) is 20.2. The summed E-state index contributed by atoms with van der Waals surface area (Å²) in [6.45, 7) is 7.82. The Balaban J connectivity index is 1.62. The molecule has 2 N–H and O–H groups in total. The maximum absolute atomic E-state index is 13.4. The molecule has 5 heterocycles. The van der Waals surface area contributed by atoms with E-state index in [1.165, 1.54) is 7.11 Å². The van der Waals surface area contributed by atoms with Crippen LogP contribution in [0.15, 0.2) is 107 Å². The maximum Gasteiger partial charge on any atom is 0.305 e. The van der Waals surface area contributed by atoms with E-state index >= 15 is 0 Å². The molecule has 0 radical (unpaired) electrons. The van der Waals surface area contributed by atoms with Gasteiger partial charge in [0.15, 0.2) is 12.1 Å². The van der Waals surface area contributed by atoms with E-state index in [1.807, 2.05) is 32.9 Å². The molecule has 2 atom stereocenters. The molecule has 1 saturated carbocycles. The number of fused-ring (bicyclic) bond motifs is 5. The van der Waals surface area contributed by atoms with Crippen molar-refractivity contribution in [1.29, 1.82) is 0 Å². The molecule has 0 aromatic carbocycles. The molecule has 2 fully saturated rings. The van der Waals surface area contributed by atoms with Crippen LogP contribution in [0.5, 0.6) is 0 Å². The fourth-order valence-corrected chi connectivity index (χ4v) is 6.59. The van der Waals surface area contributed by atoms with Crippen molar-refractivity contribution in [2.45, 2.75) is 53.4 Å². The average molecular weight is 565 g/mol. The largest absolute Gasteiger partial charge is 0.515 e. The van der Waals surface area contributed by atoms with Gasteiger partial charge in [0.05, 0.1) is 47.6 Å². The number of aldehydes is 1. The van der Waals surface area contributed by atoms with Crippen LogP contribution in [0.1, 0.15) is 53.4 Å². The Kier molecular flexibility index (Phi) is 6.75. The number of aliphatic hydroxyl groups is 1. The van der Waals surface area contributed by atoms with Crippen molar-refractivity contribution in [1.82, 2.24) is 5.32 Å². The van der Waals surface area contributed by atoms with E-state index in [0.29, 0.717) is 63.8 Å². The molecule has 0 aromatic rings. The Bertz CT molecular complexity index is 1730. The second-order valence-corrected chi connectivity index (χ2v) is 11.2. The van der Waals surface area contributed by atoms with Gasteiger partial charge in [-0.25, -0.2) is 15.0 Å². The fraction of sp³-hybridized carbons (Fsp3) is 0.333. The number of carbonyl (C=O) groups is 3. The number of nitrogens with one attached hydrogen (secondary N) is 1. The second kappa shape index (κ2) is 10.3. The number of aliphatic imine (C=N–C) groups is 3. The highest BCUT2D eigenvalue weighted by atomic mass is 16.5. The molecule has 214 valence electrons. The van der Waals surface area contributed by atoms with Gasteiger partial charge in [-0.15, -0.1) is 0 Å². The van der Waals surface area contributed by atoms with Gasteiger partial charge in [0.25, 0.3) is 0 Å². The molecule has 1 aliphatic carbocycles. The molecule has 9 heteroatoms. The maximum atomic E-state index is 13.4. The Labute approximate surface area is 243 Å². The number of ether oxygens (including phenoxy) is 1. The summed E-state index contributed by atoms with van der Waals surface area (Å²) in [6.07, 6.45) is 8.96. The number of ketones is 1. The lowest BCUT2D eigenvalue weighted by Gasteiger charge is -2.17. The number of methoxy groups -OCH3 is 1. The Morgan fingerprint density at radius 1 is 1.12 bits per heavy atom. The molecule has 0 aromatic heterocycles. The van der Waals surface area contributed by atoms with Gasteiger partial charge in [-0.3, -0.25) is 14.4 Å². The van der Waals surface area contributed by atoms with Crippen molar-refractivity contribution < 1.29 is 24.2 Å². The Morgan fingerprint density at radius 2 is 1.90 bits per heavy atom. The van der Waals surface area contributed by atoms with E-state index in [-0.39, 0.29) is 36.4 Å². The van der Waals surface area contributed by atoms with Gasteiger partial charge in [-0.05, 0) is 61.6 Å². The Hall–Kier alpha value is -4.66. The molecule has 6 rings (SSSR count). The van der Waals surface area contributed by atoms with Crippen LogP contribution in [-0.4, -0.2) is 47.4 Å². The summed E-state index contributed by atoms with van der Waals surface area (Å²) in [6, 6.07) is 0. The van der Waals surface area contributed by atoms with E-state index in [2.05, 4.69) is 12.2 Å². The topological polar surface area (TPSA) is 130 Å². The van der Waals surface area contributed by atoms with Crippen LogP contribution in [0, 0.1) is 11.8 Å². The number of esters is 1. The van der Waals surface area contributed by atoms with E-state index in [1.54, 1.807) is 6.08 Å². The van der Waals surface area contributed by atoms with Gasteiger partial charge in [-0.1, -0.05) is 13.8 Å². The minimum absolute atomic E-state index is 0.00950. The Morgan fingerprint density at radius 3 is 2.60 bits per heavy atom. The molecule has 5 aliphatic heterocycles. The zero-order chi connectivity index (χ0) is 29.9. The SMILES string of the molecule is CCC1=C2C=C3N=C4C(=C5NC(=CC6=NC(=CC(=N2)/C1=C/O)C(C=O)=C6C)[C@@H](C)[C@@H]5CCC(=O)OC)CC(=O)C4=C3C. The number of allylic oxidation sites excluding steroid dienone is 12. The van der Waals surface area contributed by atoms with Crippen molar-refractivity contribution in [3.05, 3.63) is 92.0 Å². The molecular weight excluding hydrogens is 532 g/mol. The molecular formula is C33H32N4O5. The zero-order valence-electron chi connectivity index (χ0n) is 24.3. The third-order valence-electron chi connectivity index (χ3n) is 8.98. The van der Waals surface area contributed by atoms with Gasteiger partial charge in [-0.2, -0.15) is 0 Å². The van der Waals surface area contributed by atoms with Crippen LogP contribution >= 0.6 is 0 Å². The quantitative estimate of drug-likeness (QED) is 0.275. The van der Waals surface area contributed by atoms with Crippen LogP contribution < -0.4 is 5.32 Å². The average Bonchev–Trinajstić information content (AvgIpc) is 3.73. The molecule has 8 bridgehead atoms. The van der Waals surface area contributed by atoms with Gasteiger partial charge in [0.2, 0.25) is 0 Å². The highest BCUT2D eigenvalue weighted by molar-refractivity contribution is 6.38. The summed E-state index contributed by atoms with van der Waals surface area (Å²) in [4.78, 5) is 52.4. The first kappa shape index (κ1) is 27.5. The summed E-state index contributed by atoms with van der Waals surface area (Å²) in [5.41, 5.74) is 10.1. The lowest BCUT2D eigenvalue weighted by atomic mass is 9.86. The predicted molar refractivity (Wildman–Crippen MR) is 160 cm³/mol. The van der Waals surface area contributed by atoms with E-state index in [4.69, 9.17) is 19.7 Å². The van der Waals surface area contributed by atoms with Crippen LogP contribution in [0.25, 0.3) is 0 Å². The van der Waals surface area contributed by atoms with Crippen LogP contribution in [0.4, 0.5) is 0 Å². The van der Waals surface area contributed by atoms with E-state index in [9.17, 15) is 19.5 Å². The zero-order valence-corrected chi connectivity index (χ0v) is 24.3. The van der Waals surface area contributed by atoms with Crippen molar-refractivity contribution in [2.24, 2.45) is 26.8 Å². The highest BCUT2D eigenvalue weighted by Gasteiger charge is 2.43. The summed E-state index contributed by atoms with van der Waals surface area (Å²) in [7, 11) is 1.38. The monoisotopic (exact) mass is 564 g/mol. The van der Waals surface area contributed by atoms with Crippen molar-refractivity contribution in [3.8, 4) is 0 Å². The first-order valence-corrected chi connectivity index (χ1v) is 14.2. The number of rotatable bonds is 5. The van der Waals surface area contributed by atoms with Crippen molar-refractivity contribution in [3.63, 3.8) is 0 Å². The van der Waals surface area contributed by atoms with Crippen molar-refractivity contribution in [2.75, 3.05) is 7.11 Å². The van der Waals surface area contributed by atoms with Gasteiger partial charge >= 0.3 is 5.97 Å². The van der Waals surface area contributed by atoms with Crippen LogP contribution in [0.3, 0.4) is 0 Å². The molecule has 42 heavy (non-hydrogen) atoms. The first-order valence-electron chi connectivity index (χ1n) is 14.2. The summed E-state index contributed by atoms with van der Waals surface area (Å²) < 4.78 is 4.93. The highest BCUT2D eigenvalue weighted by Crippen LogP contribution is 2.45. The number of hydrogen-bond donors (Lipinski definition) is 2.